The van der Waals surface area contributed by atoms with E-state index in [-0.39, 0.29) is 24.7 Å². The molecular weight excluding hydrogens is 581 g/mol. The summed E-state index contributed by atoms with van der Waals surface area (Å²) in [5.41, 5.74) is 0.941. The van der Waals surface area contributed by atoms with E-state index in [0.29, 0.717) is 17.6 Å². The van der Waals surface area contributed by atoms with E-state index < -0.39 is 47.5 Å². The maximum atomic E-state index is 15.9. The Morgan fingerprint density at radius 3 is 2.55 bits per heavy atom. The first kappa shape index (κ1) is 31.9. The molecule has 3 aromatic rings. The van der Waals surface area contributed by atoms with Gasteiger partial charge < -0.3 is 15.0 Å². The summed E-state index contributed by atoms with van der Waals surface area (Å²) < 4.78 is 79.1. The van der Waals surface area contributed by atoms with Crippen molar-refractivity contribution in [2.45, 2.75) is 69.2 Å². The Balaban J connectivity index is 1.42. The zero-order valence-electron chi connectivity index (χ0n) is 25.1. The Morgan fingerprint density at radius 2 is 1.89 bits per heavy atom. The van der Waals surface area contributed by atoms with Crippen molar-refractivity contribution in [2.24, 2.45) is 0 Å². The third kappa shape index (κ3) is 6.91. The van der Waals surface area contributed by atoms with E-state index in [1.807, 2.05) is 0 Å². The lowest BCUT2D eigenvalue weighted by Gasteiger charge is -2.42. The average molecular weight is 620 g/mol. The molecule has 0 saturated heterocycles. The van der Waals surface area contributed by atoms with Gasteiger partial charge in [0.1, 0.15) is 24.0 Å². The number of ether oxygens (including phenoxy) is 1. The topological polar surface area (TPSA) is 73.5 Å². The largest absolute Gasteiger partial charge is 0.491 e. The molecule has 2 aromatic carbocycles. The fraction of sp³-hybridized carbons (Fsp3) is 0.500. The Morgan fingerprint density at radius 1 is 1.18 bits per heavy atom. The Hall–Kier alpha value is -3.51. The molecule has 0 bridgehead atoms. The third-order valence-corrected chi connectivity index (χ3v) is 8.77. The number of fused-ring (bicyclic) bond motifs is 3. The average Bonchev–Trinajstić information content (AvgIpc) is 3.45. The molecule has 0 spiro atoms. The number of hydrogen-bond acceptors (Lipinski definition) is 5. The maximum Gasteiger partial charge on any atom is 0.401 e. The molecule has 238 valence electrons. The van der Waals surface area contributed by atoms with Gasteiger partial charge in [0.25, 0.3) is 0 Å². The minimum absolute atomic E-state index is 0.0365. The highest BCUT2D eigenvalue weighted by atomic mass is 19.4. The molecule has 2 heterocycles. The lowest BCUT2D eigenvalue weighted by atomic mass is 9.82. The monoisotopic (exact) mass is 619 g/mol. The van der Waals surface area contributed by atoms with E-state index >= 15 is 8.78 Å². The first-order valence-electron chi connectivity index (χ1n) is 14.9. The van der Waals surface area contributed by atoms with E-state index in [1.54, 1.807) is 45.4 Å². The highest BCUT2D eigenvalue weighted by molar-refractivity contribution is 5.87. The number of likely N-dealkylation sites (N-methyl/N-ethyl adjacent to an activating group) is 1. The molecule has 2 aliphatic rings. The predicted octanol–water partition coefficient (Wildman–Crippen LogP) is 6.06. The number of aromatic nitrogens is 2. The van der Waals surface area contributed by atoms with Gasteiger partial charge in [-0.25, -0.2) is 8.78 Å². The van der Waals surface area contributed by atoms with Crippen molar-refractivity contribution >= 4 is 16.8 Å². The van der Waals surface area contributed by atoms with Crippen molar-refractivity contribution in [1.82, 2.24) is 25.3 Å². The van der Waals surface area contributed by atoms with Crippen molar-refractivity contribution in [1.29, 1.82) is 0 Å². The molecule has 0 unspecified atom stereocenters. The summed E-state index contributed by atoms with van der Waals surface area (Å²) in [5.74, 6) is -2.11. The number of alkyl halides is 3. The highest BCUT2D eigenvalue weighted by Crippen LogP contribution is 2.44. The summed E-state index contributed by atoms with van der Waals surface area (Å²) >= 11 is 0. The van der Waals surface area contributed by atoms with Crippen LogP contribution in [0.3, 0.4) is 0 Å². The molecule has 0 radical (unpaired) electrons. The molecule has 44 heavy (non-hydrogen) atoms. The van der Waals surface area contributed by atoms with Crippen LogP contribution in [0, 0.1) is 11.6 Å². The van der Waals surface area contributed by atoms with E-state index in [4.69, 9.17) is 4.74 Å². The van der Waals surface area contributed by atoms with Gasteiger partial charge in [0.05, 0.1) is 29.8 Å². The Kier molecular flexibility index (Phi) is 9.31. The van der Waals surface area contributed by atoms with Crippen molar-refractivity contribution in [3.63, 3.8) is 0 Å². The molecule has 7 nitrogen and oxygen atoms in total. The summed E-state index contributed by atoms with van der Waals surface area (Å²) in [7, 11) is 3.33. The minimum atomic E-state index is -4.57. The van der Waals surface area contributed by atoms with Crippen LogP contribution in [-0.2, 0) is 11.2 Å². The van der Waals surface area contributed by atoms with Crippen LogP contribution in [0.15, 0.2) is 42.6 Å². The van der Waals surface area contributed by atoms with Crippen LogP contribution in [0.1, 0.15) is 61.8 Å². The molecule has 1 amide bonds. The maximum absolute atomic E-state index is 15.9. The van der Waals surface area contributed by atoms with Gasteiger partial charge in [-0.3, -0.25) is 14.8 Å². The number of aromatic amines is 1. The molecule has 1 aliphatic heterocycles. The highest BCUT2D eigenvalue weighted by Gasteiger charge is 2.43. The van der Waals surface area contributed by atoms with Crippen LogP contribution in [0.4, 0.5) is 22.0 Å². The van der Waals surface area contributed by atoms with Crippen LogP contribution in [-0.4, -0.2) is 77.5 Å². The van der Waals surface area contributed by atoms with Crippen molar-refractivity contribution in [2.75, 3.05) is 33.8 Å². The summed E-state index contributed by atoms with van der Waals surface area (Å²) in [6.07, 6.45) is 5.06. The zero-order valence-corrected chi connectivity index (χ0v) is 25.1. The van der Waals surface area contributed by atoms with Crippen molar-refractivity contribution in [3.8, 4) is 5.75 Å². The number of carbonyl (C=O) groups excluding carboxylic acids is 1. The molecule has 12 heteroatoms. The number of benzene rings is 2. The minimum Gasteiger partial charge on any atom is -0.491 e. The lowest BCUT2D eigenvalue weighted by molar-refractivity contribution is -0.155. The van der Waals surface area contributed by atoms with Gasteiger partial charge >= 0.3 is 6.18 Å². The number of amides is 1. The number of nitrogens with one attached hydrogen (secondary N) is 2. The molecule has 1 saturated carbocycles. The molecule has 1 aliphatic carbocycles. The van der Waals surface area contributed by atoms with E-state index in [1.165, 1.54) is 11.0 Å². The smallest absolute Gasteiger partial charge is 0.401 e. The molecule has 2 atom stereocenters. The van der Waals surface area contributed by atoms with Crippen LogP contribution in [0.5, 0.6) is 5.75 Å². The SMILES string of the molecule is C[C@@H]1Cc2c(ccc3[nH]ncc23)[C@@H](c2c(F)cc(OCC3(NC/C=C/C(=O)N(C)C)CCCCC3)cc2F)N1CC(F)(F)F. The first-order valence-corrected chi connectivity index (χ1v) is 14.9. The second-order valence-electron chi connectivity index (χ2n) is 12.2. The van der Waals surface area contributed by atoms with Gasteiger partial charge in [0, 0.05) is 55.8 Å². The Bertz CT molecular complexity index is 1490. The van der Waals surface area contributed by atoms with Gasteiger partial charge in [-0.1, -0.05) is 31.4 Å². The van der Waals surface area contributed by atoms with Gasteiger partial charge in [-0.05, 0) is 43.4 Å². The molecule has 2 N–H and O–H groups in total. The standard InChI is InChI=1S/C32H38F5N5O2/c1-20-14-23-22(9-10-27-24(23)17-39-40-27)30(42(20)18-32(35,36)37)29-25(33)15-21(16-26(29)34)44-19-31(11-5-4-6-12-31)38-13-7-8-28(43)41(2)3/h7-10,15-17,20,30,38H,4-6,11-14,18-19H2,1-3H3,(H,39,40)/b8-7+/t20-,30+/m1/s1. The van der Waals surface area contributed by atoms with Crippen LogP contribution in [0.25, 0.3) is 10.9 Å². The van der Waals surface area contributed by atoms with Crippen LogP contribution in [0.2, 0.25) is 0 Å². The number of halogens is 5. The predicted molar refractivity (Wildman–Crippen MR) is 157 cm³/mol. The summed E-state index contributed by atoms with van der Waals surface area (Å²) in [5, 5.41) is 11.1. The van der Waals surface area contributed by atoms with Gasteiger partial charge in [0.15, 0.2) is 0 Å². The third-order valence-electron chi connectivity index (χ3n) is 8.77. The number of hydrogen-bond donors (Lipinski definition) is 2. The second-order valence-corrected chi connectivity index (χ2v) is 12.2. The van der Waals surface area contributed by atoms with Gasteiger partial charge in [0.2, 0.25) is 5.91 Å². The van der Waals surface area contributed by atoms with Crippen molar-refractivity contribution < 1.29 is 31.5 Å². The summed E-state index contributed by atoms with van der Waals surface area (Å²) in [6.45, 7) is 0.878. The first-order chi connectivity index (χ1) is 20.9. The molecule has 1 aromatic heterocycles. The number of nitrogens with zero attached hydrogens (tertiary/aromatic N) is 3. The molecule has 5 rings (SSSR count). The zero-order chi connectivity index (χ0) is 31.6. The lowest BCUT2D eigenvalue weighted by Crippen LogP contribution is -2.51. The van der Waals surface area contributed by atoms with Gasteiger partial charge in [-0.15, -0.1) is 0 Å². The number of rotatable bonds is 9. The van der Waals surface area contributed by atoms with Crippen LogP contribution < -0.4 is 10.1 Å². The van der Waals surface area contributed by atoms with E-state index in [2.05, 4.69) is 15.5 Å². The Labute approximate surface area is 253 Å². The fourth-order valence-corrected chi connectivity index (χ4v) is 6.51. The quantitative estimate of drug-likeness (QED) is 0.225. The molecular formula is C32H38F5N5O2. The summed E-state index contributed by atoms with van der Waals surface area (Å²) in [4.78, 5) is 14.4. The number of H-pyrrole nitrogens is 1. The van der Waals surface area contributed by atoms with Crippen LogP contribution >= 0.6 is 0 Å². The van der Waals surface area contributed by atoms with Gasteiger partial charge in [-0.2, -0.15) is 18.3 Å². The second kappa shape index (κ2) is 12.8. The fourth-order valence-electron chi connectivity index (χ4n) is 6.51. The van der Waals surface area contributed by atoms with E-state index in [0.717, 1.165) is 60.1 Å². The molecule has 1 fully saturated rings. The normalized spacial score (nSPS) is 20.6. The van der Waals surface area contributed by atoms with Crippen molar-refractivity contribution in [3.05, 3.63) is 70.9 Å². The number of carbonyl (C=O) groups is 1. The summed E-state index contributed by atoms with van der Waals surface area (Å²) in [6, 6.07) is 3.47. The van der Waals surface area contributed by atoms with E-state index in [9.17, 15) is 18.0 Å².